The average molecular weight is 227 g/mol. The molecule has 0 heterocycles. The molecule has 94 valence electrons. The lowest BCUT2D eigenvalue weighted by Crippen LogP contribution is -2.40. The molecule has 3 nitrogen and oxygen atoms in total. The summed E-state index contributed by atoms with van der Waals surface area (Å²) in [5, 5.41) is 2.44. The molecule has 1 atom stereocenters. The molecule has 2 amide bonds. The van der Waals surface area contributed by atoms with Gasteiger partial charge < -0.3 is 0 Å². The monoisotopic (exact) mass is 227 g/mol. The first-order chi connectivity index (χ1) is 6.94. The van der Waals surface area contributed by atoms with E-state index in [0.29, 0.717) is 6.42 Å². The van der Waals surface area contributed by atoms with E-state index >= 15 is 0 Å². The summed E-state index contributed by atoms with van der Waals surface area (Å²) < 4.78 is 0. The largest absolute Gasteiger partial charge is 0.296 e. The molecule has 0 fully saturated rings. The highest BCUT2D eigenvalue weighted by atomic mass is 16.2. The van der Waals surface area contributed by atoms with Crippen LogP contribution in [-0.4, -0.2) is 11.8 Å². The van der Waals surface area contributed by atoms with Crippen LogP contribution in [0.15, 0.2) is 0 Å². The van der Waals surface area contributed by atoms with E-state index < -0.39 is 5.41 Å². The van der Waals surface area contributed by atoms with Crippen molar-refractivity contribution in [2.45, 2.75) is 54.9 Å². The fourth-order valence-corrected chi connectivity index (χ4v) is 0.949. The number of hydrogen-bond donors (Lipinski definition) is 1. The Kier molecular flexibility index (Phi) is 4.71. The summed E-state index contributed by atoms with van der Waals surface area (Å²) in [6, 6.07) is 0. The lowest BCUT2D eigenvalue weighted by molar-refractivity contribution is -0.135. The van der Waals surface area contributed by atoms with Gasteiger partial charge in [0.1, 0.15) is 0 Å². The highest BCUT2D eigenvalue weighted by Gasteiger charge is 2.26. The second-order valence-corrected chi connectivity index (χ2v) is 6.60. The quantitative estimate of drug-likeness (QED) is 0.788. The molecule has 0 aromatic rings. The zero-order chi connectivity index (χ0) is 13.1. The predicted octanol–water partition coefficient (Wildman–Crippen LogP) is 2.75. The minimum atomic E-state index is -0.513. The normalized spacial score (nSPS) is 14.4. The maximum Gasteiger partial charge on any atom is 0.231 e. The molecular formula is C13H25NO2. The van der Waals surface area contributed by atoms with Gasteiger partial charge in [-0.2, -0.15) is 0 Å². The van der Waals surface area contributed by atoms with Gasteiger partial charge in [-0.15, -0.1) is 0 Å². The Balaban J connectivity index is 4.26. The average Bonchev–Trinajstić information content (AvgIpc) is 1.99. The summed E-state index contributed by atoms with van der Waals surface area (Å²) >= 11 is 0. The molecule has 0 aromatic heterocycles. The second kappa shape index (κ2) is 4.98. The second-order valence-electron chi connectivity index (χ2n) is 6.60. The van der Waals surface area contributed by atoms with Crippen molar-refractivity contribution in [3.63, 3.8) is 0 Å². The van der Waals surface area contributed by atoms with Gasteiger partial charge in [0.15, 0.2) is 0 Å². The molecule has 0 saturated carbocycles. The Morgan fingerprint density at radius 1 is 1.06 bits per heavy atom. The molecule has 16 heavy (non-hydrogen) atoms. The summed E-state index contributed by atoms with van der Waals surface area (Å²) in [6.07, 6.45) is 0.394. The van der Waals surface area contributed by atoms with Crippen molar-refractivity contribution >= 4 is 11.8 Å². The van der Waals surface area contributed by atoms with Gasteiger partial charge in [0.2, 0.25) is 11.8 Å². The summed E-state index contributed by atoms with van der Waals surface area (Å²) in [6.45, 7) is 13.7. The zero-order valence-electron chi connectivity index (χ0n) is 11.6. The topological polar surface area (TPSA) is 46.2 Å². The molecule has 0 aliphatic carbocycles. The Bertz CT molecular complexity index is 269. The van der Waals surface area contributed by atoms with Crippen molar-refractivity contribution in [3.8, 4) is 0 Å². The molecule has 0 aliphatic rings. The highest BCUT2D eigenvalue weighted by molar-refractivity contribution is 5.97. The van der Waals surface area contributed by atoms with Crippen LogP contribution in [0.3, 0.4) is 0 Å². The molecular weight excluding hydrogens is 202 g/mol. The van der Waals surface area contributed by atoms with Crippen molar-refractivity contribution in [3.05, 3.63) is 0 Å². The molecule has 0 radical (unpaired) electrons. The minimum absolute atomic E-state index is 0.0854. The van der Waals surface area contributed by atoms with Crippen LogP contribution in [0.2, 0.25) is 0 Å². The van der Waals surface area contributed by atoms with Crippen molar-refractivity contribution < 1.29 is 9.59 Å². The fourth-order valence-electron chi connectivity index (χ4n) is 0.949. The molecule has 0 bridgehead atoms. The van der Waals surface area contributed by atoms with E-state index in [1.165, 1.54) is 0 Å². The zero-order valence-corrected chi connectivity index (χ0v) is 11.6. The van der Waals surface area contributed by atoms with Crippen LogP contribution in [0.1, 0.15) is 54.9 Å². The van der Waals surface area contributed by atoms with E-state index in [0.717, 1.165) is 0 Å². The summed E-state index contributed by atoms with van der Waals surface area (Å²) in [5.41, 5.74) is -0.428. The van der Waals surface area contributed by atoms with Crippen molar-refractivity contribution in [2.75, 3.05) is 0 Å². The van der Waals surface area contributed by atoms with Crippen LogP contribution in [0.5, 0.6) is 0 Å². The van der Waals surface area contributed by atoms with Crippen LogP contribution in [-0.2, 0) is 9.59 Å². The minimum Gasteiger partial charge on any atom is -0.296 e. The van der Waals surface area contributed by atoms with E-state index in [4.69, 9.17) is 0 Å². The SMILES string of the molecule is CC(CC(=O)NC(=O)C(C)(C)C)C(C)(C)C. The van der Waals surface area contributed by atoms with E-state index in [9.17, 15) is 9.59 Å². The standard InChI is InChI=1S/C13H25NO2/c1-9(12(2,3)4)8-10(15)14-11(16)13(5,6)7/h9H,8H2,1-7H3,(H,14,15,16). The van der Waals surface area contributed by atoms with Crippen molar-refractivity contribution in [2.24, 2.45) is 16.7 Å². The van der Waals surface area contributed by atoms with Crippen molar-refractivity contribution in [1.29, 1.82) is 0 Å². The fraction of sp³-hybridized carbons (Fsp3) is 0.846. The Hall–Kier alpha value is -0.860. The third kappa shape index (κ3) is 5.29. The first kappa shape index (κ1) is 15.1. The number of nitrogens with one attached hydrogen (secondary N) is 1. The summed E-state index contributed by atoms with van der Waals surface area (Å²) in [5.74, 6) is -0.138. The number of carbonyl (C=O) groups excluding carboxylic acids is 2. The molecule has 0 aromatic carbocycles. The summed E-state index contributed by atoms with van der Waals surface area (Å²) in [7, 11) is 0. The molecule has 0 saturated heterocycles. The van der Waals surface area contributed by atoms with E-state index in [2.05, 4.69) is 26.1 Å². The number of rotatable bonds is 2. The Labute approximate surface area is 99.0 Å². The van der Waals surface area contributed by atoms with Gasteiger partial charge in [0.05, 0.1) is 0 Å². The van der Waals surface area contributed by atoms with Gasteiger partial charge in [-0.3, -0.25) is 14.9 Å². The van der Waals surface area contributed by atoms with E-state index in [1.807, 2.05) is 6.92 Å². The smallest absolute Gasteiger partial charge is 0.231 e. The third-order valence-electron chi connectivity index (χ3n) is 2.90. The van der Waals surface area contributed by atoms with Crippen LogP contribution >= 0.6 is 0 Å². The van der Waals surface area contributed by atoms with Gasteiger partial charge in [-0.25, -0.2) is 0 Å². The number of carbonyl (C=O) groups is 2. The number of imide groups is 1. The lowest BCUT2D eigenvalue weighted by atomic mass is 9.80. The van der Waals surface area contributed by atoms with Crippen LogP contribution < -0.4 is 5.32 Å². The van der Waals surface area contributed by atoms with E-state index in [1.54, 1.807) is 20.8 Å². The van der Waals surface area contributed by atoms with Gasteiger partial charge >= 0.3 is 0 Å². The van der Waals surface area contributed by atoms with Gasteiger partial charge in [-0.1, -0.05) is 48.5 Å². The van der Waals surface area contributed by atoms with Gasteiger partial charge in [-0.05, 0) is 11.3 Å². The molecule has 0 rings (SSSR count). The molecule has 1 unspecified atom stereocenters. The third-order valence-corrected chi connectivity index (χ3v) is 2.90. The molecule has 0 spiro atoms. The van der Waals surface area contributed by atoms with Gasteiger partial charge in [0.25, 0.3) is 0 Å². The van der Waals surface area contributed by atoms with Crippen LogP contribution in [0.4, 0.5) is 0 Å². The number of hydrogen-bond acceptors (Lipinski definition) is 2. The maximum atomic E-state index is 11.6. The lowest BCUT2D eigenvalue weighted by Gasteiger charge is -2.27. The molecule has 1 N–H and O–H groups in total. The molecule has 3 heteroatoms. The van der Waals surface area contributed by atoms with Crippen LogP contribution in [0.25, 0.3) is 0 Å². The Morgan fingerprint density at radius 3 is 1.81 bits per heavy atom. The Morgan fingerprint density at radius 2 is 1.50 bits per heavy atom. The first-order valence-corrected chi connectivity index (χ1v) is 5.79. The highest BCUT2D eigenvalue weighted by Crippen LogP contribution is 2.27. The van der Waals surface area contributed by atoms with Crippen LogP contribution in [0, 0.1) is 16.7 Å². The van der Waals surface area contributed by atoms with Gasteiger partial charge in [0, 0.05) is 11.8 Å². The summed E-state index contributed by atoms with van der Waals surface area (Å²) in [4.78, 5) is 23.2. The van der Waals surface area contributed by atoms with E-state index in [-0.39, 0.29) is 23.1 Å². The van der Waals surface area contributed by atoms with Crippen molar-refractivity contribution in [1.82, 2.24) is 5.32 Å². The first-order valence-electron chi connectivity index (χ1n) is 5.79. The molecule has 0 aliphatic heterocycles. The predicted molar refractivity (Wildman–Crippen MR) is 65.8 cm³/mol. The maximum absolute atomic E-state index is 11.6. The number of amides is 2.